The lowest BCUT2D eigenvalue weighted by Crippen LogP contribution is -2.49. The van der Waals surface area contributed by atoms with Crippen LogP contribution in [0.25, 0.3) is 0 Å². The van der Waals surface area contributed by atoms with Crippen LogP contribution in [0.1, 0.15) is 53.2 Å². The van der Waals surface area contributed by atoms with Gasteiger partial charge in [0.05, 0.1) is 12.7 Å². The van der Waals surface area contributed by atoms with Crippen LogP contribution in [0.3, 0.4) is 0 Å². The van der Waals surface area contributed by atoms with Crippen LogP contribution in [0.4, 0.5) is 0 Å². The summed E-state index contributed by atoms with van der Waals surface area (Å²) in [6.07, 6.45) is 4.80. The predicted molar refractivity (Wildman–Crippen MR) is 128 cm³/mol. The van der Waals surface area contributed by atoms with Gasteiger partial charge in [0.1, 0.15) is 5.75 Å². The number of para-hydroxylation sites is 1. The van der Waals surface area contributed by atoms with Gasteiger partial charge in [0.15, 0.2) is 0 Å². The molecular weight excluding hydrogens is 434 g/mol. The fourth-order valence-corrected chi connectivity index (χ4v) is 5.63. The van der Waals surface area contributed by atoms with Gasteiger partial charge in [-0.1, -0.05) is 24.6 Å². The Hall–Kier alpha value is -3.13. The molecule has 2 bridgehead atoms. The van der Waals surface area contributed by atoms with Gasteiger partial charge in [0.25, 0.3) is 17.9 Å². The highest BCUT2D eigenvalue weighted by Crippen LogP contribution is 2.36. The molecule has 8 nitrogen and oxygen atoms in total. The number of pyridine rings is 1. The molecule has 2 aromatic rings. The van der Waals surface area contributed by atoms with Crippen molar-refractivity contribution in [2.45, 2.75) is 44.7 Å². The Kier molecular flexibility index (Phi) is 7.67. The molecule has 0 unspecified atom stereocenters. The number of aromatic nitrogens is 1. The highest BCUT2D eigenvalue weighted by atomic mass is 16.5. The first-order chi connectivity index (χ1) is 16.5. The number of carboxylic acid groups (broad SMARTS) is 1. The number of piperidine rings is 2. The largest absolute Gasteiger partial charge is 0.496 e. The smallest absolute Gasteiger partial charge is 0.290 e. The Balaban J connectivity index is 0.000000868. The Labute approximate surface area is 199 Å². The standard InChI is InChI=1S/C25H31N3O3.CH2O2/c1-31-23-8-4-3-7-21(23)25(30)27-14-18-13-20(17-27)22-10-9-19(24(29)28(22)15-18)16-26-11-5-2-6-12-26;2-1-3/h3-4,7-10,18,20H,2,5-6,11-17H2,1H3;1H,(H,2,3)/t18-,20+;/m0./s1. The number of methoxy groups -OCH3 is 1. The molecule has 34 heavy (non-hydrogen) atoms. The van der Waals surface area contributed by atoms with Crippen LogP contribution in [-0.2, 0) is 17.9 Å². The van der Waals surface area contributed by atoms with Crippen molar-refractivity contribution in [1.82, 2.24) is 14.4 Å². The Morgan fingerprint density at radius 3 is 2.56 bits per heavy atom. The summed E-state index contributed by atoms with van der Waals surface area (Å²) >= 11 is 0. The molecule has 0 spiro atoms. The molecule has 3 aliphatic rings. The minimum absolute atomic E-state index is 0.0182. The summed E-state index contributed by atoms with van der Waals surface area (Å²) in [7, 11) is 1.60. The first-order valence-electron chi connectivity index (χ1n) is 12.0. The molecule has 2 atom stereocenters. The minimum Gasteiger partial charge on any atom is -0.496 e. The lowest BCUT2D eigenvalue weighted by Gasteiger charge is -2.43. The summed E-state index contributed by atoms with van der Waals surface area (Å²) in [5.74, 6) is 1.16. The van der Waals surface area contributed by atoms with Crippen LogP contribution in [0.2, 0.25) is 0 Å². The molecule has 0 saturated carbocycles. The molecule has 2 fully saturated rings. The number of carbonyl (C=O) groups excluding carboxylic acids is 1. The van der Waals surface area contributed by atoms with Crippen molar-refractivity contribution in [3.63, 3.8) is 0 Å². The van der Waals surface area contributed by atoms with E-state index < -0.39 is 0 Å². The van der Waals surface area contributed by atoms with Gasteiger partial charge in [-0.15, -0.1) is 0 Å². The second-order valence-electron chi connectivity index (χ2n) is 9.35. The number of nitrogens with zero attached hydrogens (tertiary/aromatic N) is 3. The Morgan fingerprint density at radius 1 is 1.09 bits per heavy atom. The predicted octanol–water partition coefficient (Wildman–Crippen LogP) is 2.80. The molecule has 1 amide bonds. The maximum Gasteiger partial charge on any atom is 0.290 e. The average molecular weight is 468 g/mol. The summed E-state index contributed by atoms with van der Waals surface area (Å²) in [5.41, 5.74) is 2.77. The van der Waals surface area contributed by atoms with Crippen LogP contribution >= 0.6 is 0 Å². The lowest BCUT2D eigenvalue weighted by molar-refractivity contribution is -0.122. The van der Waals surface area contributed by atoms with E-state index in [1.54, 1.807) is 7.11 Å². The second kappa shape index (κ2) is 10.9. The van der Waals surface area contributed by atoms with Crippen molar-refractivity contribution in [2.24, 2.45) is 5.92 Å². The van der Waals surface area contributed by atoms with Crippen LogP contribution in [-0.4, -0.2) is 65.1 Å². The van der Waals surface area contributed by atoms with Crippen LogP contribution < -0.4 is 10.3 Å². The lowest BCUT2D eigenvalue weighted by atomic mass is 9.82. The molecular formula is C26H33N3O5. The zero-order chi connectivity index (χ0) is 24.1. The number of hydrogen-bond donors (Lipinski definition) is 1. The topological polar surface area (TPSA) is 92.1 Å². The number of fused-ring (bicyclic) bond motifs is 4. The third-order valence-electron chi connectivity index (χ3n) is 7.15. The van der Waals surface area contributed by atoms with Crippen molar-refractivity contribution in [3.05, 3.63) is 63.6 Å². The van der Waals surface area contributed by atoms with Crippen LogP contribution in [0.5, 0.6) is 5.75 Å². The molecule has 3 aliphatic heterocycles. The number of likely N-dealkylation sites (tertiary alicyclic amines) is 2. The van der Waals surface area contributed by atoms with Crippen LogP contribution in [0, 0.1) is 5.92 Å². The van der Waals surface area contributed by atoms with E-state index in [0.717, 1.165) is 37.3 Å². The zero-order valence-corrected chi connectivity index (χ0v) is 19.7. The fourth-order valence-electron chi connectivity index (χ4n) is 5.63. The first-order valence-corrected chi connectivity index (χ1v) is 12.0. The van der Waals surface area contributed by atoms with Crippen molar-refractivity contribution in [3.8, 4) is 5.75 Å². The number of benzene rings is 1. The van der Waals surface area contributed by atoms with E-state index in [4.69, 9.17) is 14.6 Å². The maximum atomic E-state index is 13.3. The van der Waals surface area contributed by atoms with Gasteiger partial charge in [-0.3, -0.25) is 19.3 Å². The highest BCUT2D eigenvalue weighted by molar-refractivity contribution is 5.97. The SMILES string of the molecule is COc1ccccc1C(=O)N1C[C@@H]2C[C@H](C1)c1ccc(CN3CCCCC3)c(=O)n1C2.O=CO. The normalized spacial score (nSPS) is 21.6. The summed E-state index contributed by atoms with van der Waals surface area (Å²) in [4.78, 5) is 39.2. The average Bonchev–Trinajstić information content (AvgIpc) is 2.86. The van der Waals surface area contributed by atoms with E-state index >= 15 is 0 Å². The molecule has 182 valence electrons. The van der Waals surface area contributed by atoms with Gasteiger partial charge in [0, 0.05) is 43.4 Å². The highest BCUT2D eigenvalue weighted by Gasteiger charge is 2.37. The summed E-state index contributed by atoms with van der Waals surface area (Å²) in [6, 6.07) is 11.6. The quantitative estimate of drug-likeness (QED) is 0.696. The Bertz CT molecular complexity index is 1080. The molecule has 1 N–H and O–H groups in total. The molecule has 5 rings (SSSR count). The fraction of sp³-hybridized carbons (Fsp3) is 0.500. The molecule has 1 aromatic heterocycles. The number of carbonyl (C=O) groups is 2. The van der Waals surface area contributed by atoms with Crippen molar-refractivity contribution >= 4 is 12.4 Å². The van der Waals surface area contributed by atoms with Crippen LogP contribution in [0.15, 0.2) is 41.2 Å². The van der Waals surface area contributed by atoms with Crippen molar-refractivity contribution in [2.75, 3.05) is 33.3 Å². The van der Waals surface area contributed by atoms with E-state index in [0.29, 0.717) is 36.9 Å². The van der Waals surface area contributed by atoms with Crippen molar-refractivity contribution in [1.29, 1.82) is 0 Å². The number of amides is 1. The molecule has 1 aromatic carbocycles. The van der Waals surface area contributed by atoms with E-state index in [9.17, 15) is 9.59 Å². The third kappa shape index (κ3) is 5.01. The van der Waals surface area contributed by atoms with Gasteiger partial charge in [-0.25, -0.2) is 0 Å². The molecule has 2 saturated heterocycles. The van der Waals surface area contributed by atoms with E-state index in [-0.39, 0.29) is 23.9 Å². The van der Waals surface area contributed by atoms with Gasteiger partial charge in [-0.2, -0.15) is 0 Å². The minimum atomic E-state index is -0.250. The summed E-state index contributed by atoms with van der Waals surface area (Å²) in [5, 5.41) is 6.89. The van der Waals surface area contributed by atoms with Gasteiger partial charge in [-0.05, 0) is 56.5 Å². The second-order valence-corrected chi connectivity index (χ2v) is 9.35. The monoisotopic (exact) mass is 467 g/mol. The number of ether oxygens (including phenoxy) is 1. The van der Waals surface area contributed by atoms with Gasteiger partial charge in [0.2, 0.25) is 0 Å². The number of hydrogen-bond acceptors (Lipinski definition) is 5. The third-order valence-corrected chi connectivity index (χ3v) is 7.15. The van der Waals surface area contributed by atoms with E-state index in [1.807, 2.05) is 39.8 Å². The summed E-state index contributed by atoms with van der Waals surface area (Å²) < 4.78 is 7.40. The zero-order valence-electron chi connectivity index (χ0n) is 19.7. The molecule has 4 heterocycles. The number of rotatable bonds is 4. The van der Waals surface area contributed by atoms with Crippen molar-refractivity contribution < 1.29 is 19.4 Å². The maximum absolute atomic E-state index is 13.3. The van der Waals surface area contributed by atoms with E-state index in [1.165, 1.54) is 19.3 Å². The molecule has 0 aliphatic carbocycles. The molecule has 0 radical (unpaired) electrons. The molecule has 8 heteroatoms. The van der Waals surface area contributed by atoms with Gasteiger partial charge >= 0.3 is 0 Å². The van der Waals surface area contributed by atoms with Gasteiger partial charge < -0.3 is 19.3 Å². The first kappa shape index (κ1) is 24.0. The summed E-state index contributed by atoms with van der Waals surface area (Å²) in [6.45, 7) is 4.73. The Morgan fingerprint density at radius 2 is 1.82 bits per heavy atom. The van der Waals surface area contributed by atoms with E-state index in [2.05, 4.69) is 11.0 Å².